The molecule has 0 aliphatic heterocycles. The SMILES string of the molecule is Cc1sc2ncn(CC(=O)N[C@H]3CCC[C@H](C)[C@@H]3C)c(=O)c2c1C. The number of aryl methyl sites for hydroxylation is 2. The van der Waals surface area contributed by atoms with Crippen molar-refractivity contribution in [2.75, 3.05) is 0 Å². The molecule has 1 N–H and O–H groups in total. The maximum absolute atomic E-state index is 12.7. The predicted octanol–water partition coefficient (Wildman–Crippen LogP) is 3.02. The molecule has 0 unspecified atom stereocenters. The summed E-state index contributed by atoms with van der Waals surface area (Å²) < 4.78 is 1.42. The molecule has 130 valence electrons. The van der Waals surface area contributed by atoms with Gasteiger partial charge in [-0.2, -0.15) is 0 Å². The zero-order chi connectivity index (χ0) is 17.4. The lowest BCUT2D eigenvalue weighted by Crippen LogP contribution is -2.45. The number of nitrogens with zero attached hydrogens (tertiary/aromatic N) is 2. The Hall–Kier alpha value is -1.69. The fraction of sp³-hybridized carbons (Fsp3) is 0.611. The van der Waals surface area contributed by atoms with Crippen molar-refractivity contribution in [3.63, 3.8) is 0 Å². The highest BCUT2D eigenvalue weighted by Gasteiger charge is 2.28. The number of aromatic nitrogens is 2. The minimum Gasteiger partial charge on any atom is -0.352 e. The Bertz CT molecular complexity index is 824. The van der Waals surface area contributed by atoms with Gasteiger partial charge in [0, 0.05) is 10.9 Å². The van der Waals surface area contributed by atoms with Crippen molar-refractivity contribution < 1.29 is 4.79 Å². The van der Waals surface area contributed by atoms with E-state index in [-0.39, 0.29) is 24.1 Å². The fourth-order valence-corrected chi connectivity index (χ4v) is 4.56. The summed E-state index contributed by atoms with van der Waals surface area (Å²) in [6, 6.07) is 0.207. The molecule has 1 amide bonds. The molecular weight excluding hydrogens is 322 g/mol. The van der Waals surface area contributed by atoms with Gasteiger partial charge in [-0.3, -0.25) is 14.2 Å². The van der Waals surface area contributed by atoms with E-state index in [0.29, 0.717) is 17.2 Å². The Balaban J connectivity index is 1.77. The zero-order valence-electron chi connectivity index (χ0n) is 14.8. The minimum atomic E-state index is -0.123. The lowest BCUT2D eigenvalue weighted by molar-refractivity contribution is -0.123. The van der Waals surface area contributed by atoms with Gasteiger partial charge in [0.25, 0.3) is 5.56 Å². The van der Waals surface area contributed by atoms with Crippen molar-refractivity contribution in [1.82, 2.24) is 14.9 Å². The summed E-state index contributed by atoms with van der Waals surface area (Å²) in [4.78, 5) is 31.3. The van der Waals surface area contributed by atoms with Gasteiger partial charge in [-0.15, -0.1) is 11.3 Å². The normalized spacial score (nSPS) is 24.2. The van der Waals surface area contributed by atoms with Crippen LogP contribution in [0.2, 0.25) is 0 Å². The molecular formula is C18H25N3O2S. The highest BCUT2D eigenvalue weighted by Crippen LogP contribution is 2.29. The number of fused-ring (bicyclic) bond motifs is 1. The van der Waals surface area contributed by atoms with E-state index in [1.54, 1.807) is 0 Å². The third kappa shape index (κ3) is 3.11. The molecule has 1 fully saturated rings. The van der Waals surface area contributed by atoms with E-state index in [9.17, 15) is 9.59 Å². The van der Waals surface area contributed by atoms with Crippen LogP contribution in [0.15, 0.2) is 11.1 Å². The summed E-state index contributed by atoms with van der Waals surface area (Å²) in [6.07, 6.45) is 4.89. The van der Waals surface area contributed by atoms with Crippen molar-refractivity contribution in [3.8, 4) is 0 Å². The monoisotopic (exact) mass is 347 g/mol. The first-order chi connectivity index (χ1) is 11.4. The number of amides is 1. The second-order valence-corrected chi connectivity index (χ2v) is 8.29. The molecule has 0 radical (unpaired) electrons. The molecule has 0 aromatic carbocycles. The first kappa shape index (κ1) is 17.1. The molecule has 1 aliphatic rings. The van der Waals surface area contributed by atoms with Gasteiger partial charge in [-0.25, -0.2) is 4.98 Å². The number of thiophene rings is 1. The molecule has 1 aliphatic carbocycles. The Kier molecular flexibility index (Phi) is 4.76. The van der Waals surface area contributed by atoms with Gasteiger partial charge >= 0.3 is 0 Å². The highest BCUT2D eigenvalue weighted by molar-refractivity contribution is 7.18. The number of hydrogen-bond donors (Lipinski definition) is 1. The molecule has 1 saturated carbocycles. The quantitative estimate of drug-likeness (QED) is 0.928. The van der Waals surface area contributed by atoms with E-state index < -0.39 is 0 Å². The third-order valence-corrected chi connectivity index (χ3v) is 6.64. The van der Waals surface area contributed by atoms with Crippen LogP contribution in [-0.2, 0) is 11.3 Å². The minimum absolute atomic E-state index is 0.0354. The van der Waals surface area contributed by atoms with Crippen molar-refractivity contribution in [1.29, 1.82) is 0 Å². The molecule has 0 bridgehead atoms. The third-order valence-electron chi connectivity index (χ3n) is 5.52. The van der Waals surface area contributed by atoms with Crippen molar-refractivity contribution >= 4 is 27.5 Å². The summed E-state index contributed by atoms with van der Waals surface area (Å²) in [6.45, 7) is 8.41. The largest absolute Gasteiger partial charge is 0.352 e. The second-order valence-electron chi connectivity index (χ2n) is 7.08. The van der Waals surface area contributed by atoms with E-state index >= 15 is 0 Å². The number of hydrogen-bond acceptors (Lipinski definition) is 4. The van der Waals surface area contributed by atoms with Gasteiger partial charge in [0.05, 0.1) is 11.7 Å². The second kappa shape index (κ2) is 6.67. The fourth-order valence-electron chi connectivity index (χ4n) is 3.58. The summed E-state index contributed by atoms with van der Waals surface area (Å²) >= 11 is 1.52. The van der Waals surface area contributed by atoms with Crippen LogP contribution in [0.3, 0.4) is 0 Å². The van der Waals surface area contributed by atoms with Crippen LogP contribution in [0.25, 0.3) is 10.2 Å². The molecule has 24 heavy (non-hydrogen) atoms. The van der Waals surface area contributed by atoms with Crippen LogP contribution in [0.5, 0.6) is 0 Å². The van der Waals surface area contributed by atoms with E-state index in [2.05, 4.69) is 24.1 Å². The number of nitrogens with one attached hydrogen (secondary N) is 1. The Morgan fingerprint density at radius 2 is 2.12 bits per heavy atom. The van der Waals surface area contributed by atoms with E-state index in [1.807, 2.05) is 13.8 Å². The first-order valence-electron chi connectivity index (χ1n) is 8.63. The molecule has 3 atom stereocenters. The number of rotatable bonds is 3. The molecule has 3 rings (SSSR count). The van der Waals surface area contributed by atoms with Crippen LogP contribution < -0.4 is 10.9 Å². The molecule has 0 spiro atoms. The Labute approximate surface area is 146 Å². The van der Waals surface area contributed by atoms with Crippen LogP contribution in [0, 0.1) is 25.7 Å². The number of carbonyl (C=O) groups is 1. The van der Waals surface area contributed by atoms with Gasteiger partial charge in [-0.1, -0.05) is 26.7 Å². The van der Waals surface area contributed by atoms with Gasteiger partial charge in [0.1, 0.15) is 11.4 Å². The lowest BCUT2D eigenvalue weighted by Gasteiger charge is -2.34. The smallest absolute Gasteiger partial charge is 0.262 e. The zero-order valence-corrected chi connectivity index (χ0v) is 15.6. The predicted molar refractivity (Wildman–Crippen MR) is 97.5 cm³/mol. The first-order valence-corrected chi connectivity index (χ1v) is 9.44. The van der Waals surface area contributed by atoms with Crippen molar-refractivity contribution in [2.45, 2.75) is 59.5 Å². The van der Waals surface area contributed by atoms with Gasteiger partial charge in [0.2, 0.25) is 5.91 Å². The van der Waals surface area contributed by atoms with Gasteiger partial charge < -0.3 is 5.32 Å². The standard InChI is InChI=1S/C18H25N3O2S/c1-10-6-5-7-14(11(10)2)20-15(22)8-21-9-19-17-16(18(21)23)12(3)13(4)24-17/h9-11,14H,5-8H2,1-4H3,(H,20,22)/t10-,11-,14-/m0/s1. The van der Waals surface area contributed by atoms with Crippen LogP contribution in [0.1, 0.15) is 43.6 Å². The van der Waals surface area contributed by atoms with Crippen molar-refractivity contribution in [3.05, 3.63) is 27.1 Å². The average Bonchev–Trinajstić information content (AvgIpc) is 2.82. The molecule has 0 saturated heterocycles. The van der Waals surface area contributed by atoms with E-state index in [1.165, 1.54) is 28.7 Å². The van der Waals surface area contributed by atoms with Crippen molar-refractivity contribution in [2.24, 2.45) is 11.8 Å². The number of carbonyl (C=O) groups excluding carboxylic acids is 1. The van der Waals surface area contributed by atoms with E-state index in [0.717, 1.165) is 28.1 Å². The molecule has 2 aromatic heterocycles. The summed E-state index contributed by atoms with van der Waals surface area (Å²) in [7, 11) is 0. The Morgan fingerprint density at radius 3 is 2.88 bits per heavy atom. The molecule has 2 heterocycles. The van der Waals surface area contributed by atoms with Gasteiger partial charge in [0.15, 0.2) is 0 Å². The molecule has 2 aromatic rings. The summed E-state index contributed by atoms with van der Waals surface area (Å²) in [5, 5.41) is 3.76. The Morgan fingerprint density at radius 1 is 1.38 bits per heavy atom. The maximum atomic E-state index is 12.7. The highest BCUT2D eigenvalue weighted by atomic mass is 32.1. The van der Waals surface area contributed by atoms with Crippen LogP contribution >= 0.6 is 11.3 Å². The lowest BCUT2D eigenvalue weighted by atomic mass is 9.78. The summed E-state index contributed by atoms with van der Waals surface area (Å²) in [5.74, 6) is 0.997. The van der Waals surface area contributed by atoms with Crippen LogP contribution in [0.4, 0.5) is 0 Å². The summed E-state index contributed by atoms with van der Waals surface area (Å²) in [5.41, 5.74) is 0.846. The maximum Gasteiger partial charge on any atom is 0.262 e. The topological polar surface area (TPSA) is 64.0 Å². The average molecular weight is 347 g/mol. The van der Waals surface area contributed by atoms with Crippen LogP contribution in [-0.4, -0.2) is 21.5 Å². The van der Waals surface area contributed by atoms with Gasteiger partial charge in [-0.05, 0) is 37.7 Å². The molecule has 5 nitrogen and oxygen atoms in total. The molecule has 6 heteroatoms. The van der Waals surface area contributed by atoms with E-state index in [4.69, 9.17) is 0 Å².